The van der Waals surface area contributed by atoms with E-state index in [1.807, 2.05) is 0 Å². The normalized spacial score (nSPS) is 20.7. The number of amides is 3. The lowest BCUT2D eigenvalue weighted by atomic mass is 9.92. The van der Waals surface area contributed by atoms with Crippen molar-refractivity contribution in [3.05, 3.63) is 70.5 Å². The van der Waals surface area contributed by atoms with Crippen LogP contribution in [0.25, 0.3) is 0 Å². The van der Waals surface area contributed by atoms with E-state index in [-0.39, 0.29) is 12.1 Å². The van der Waals surface area contributed by atoms with Crippen LogP contribution in [0.5, 0.6) is 0 Å². The number of hydrogen-bond acceptors (Lipinski definition) is 2. The van der Waals surface area contributed by atoms with Crippen LogP contribution in [-0.2, 0) is 16.9 Å². The fraction of sp³-hybridized carbons (Fsp3) is 0.176. The molecule has 1 fully saturated rings. The highest BCUT2D eigenvalue weighted by molar-refractivity contribution is 6.30. The van der Waals surface area contributed by atoms with E-state index in [4.69, 9.17) is 11.6 Å². The van der Waals surface area contributed by atoms with Crippen LogP contribution >= 0.6 is 11.6 Å². The number of urea groups is 1. The van der Waals surface area contributed by atoms with Gasteiger partial charge >= 0.3 is 6.03 Å². The number of imide groups is 1. The smallest absolute Gasteiger partial charge is 0.319 e. The Balaban J connectivity index is 1.90. The maximum atomic E-state index is 13.8. The van der Waals surface area contributed by atoms with E-state index < -0.39 is 23.3 Å². The van der Waals surface area contributed by atoms with Gasteiger partial charge in [0.05, 0.1) is 6.54 Å². The number of nitrogens with zero attached hydrogens (tertiary/aromatic N) is 1. The number of carbonyl (C=O) groups excluding carboxylic acids is 2. The van der Waals surface area contributed by atoms with Crippen molar-refractivity contribution in [2.45, 2.75) is 19.0 Å². The second kappa shape index (κ2) is 5.66. The molecule has 1 aliphatic heterocycles. The lowest BCUT2D eigenvalue weighted by Gasteiger charge is -2.22. The van der Waals surface area contributed by atoms with Gasteiger partial charge in [-0.2, -0.15) is 0 Å². The molecule has 2 aromatic carbocycles. The van der Waals surface area contributed by atoms with Gasteiger partial charge in [0.2, 0.25) is 0 Å². The van der Waals surface area contributed by atoms with E-state index in [9.17, 15) is 14.0 Å². The molecule has 1 saturated heterocycles. The lowest BCUT2D eigenvalue weighted by molar-refractivity contribution is -0.131. The van der Waals surface area contributed by atoms with Crippen LogP contribution in [0.2, 0.25) is 5.02 Å². The first-order valence-electron chi connectivity index (χ1n) is 7.05. The average Bonchev–Trinajstić information content (AvgIpc) is 2.74. The highest BCUT2D eigenvalue weighted by Gasteiger charge is 2.48. The van der Waals surface area contributed by atoms with Crippen LogP contribution in [-0.4, -0.2) is 16.8 Å². The molecular formula is C17H14ClFN2O2. The van der Waals surface area contributed by atoms with Crippen molar-refractivity contribution < 1.29 is 14.0 Å². The summed E-state index contributed by atoms with van der Waals surface area (Å²) in [5.41, 5.74) is -0.278. The SMILES string of the molecule is C[C@]1(c2ccc(Cl)cc2)NC(=O)N(Cc2ccccc2F)C1=O. The number of hydrogen-bond donors (Lipinski definition) is 1. The number of nitrogens with one attached hydrogen (secondary N) is 1. The summed E-state index contributed by atoms with van der Waals surface area (Å²) in [6.07, 6.45) is 0. The maximum Gasteiger partial charge on any atom is 0.325 e. The molecule has 1 heterocycles. The van der Waals surface area contributed by atoms with Gasteiger partial charge < -0.3 is 5.32 Å². The van der Waals surface area contributed by atoms with Crippen molar-refractivity contribution in [1.29, 1.82) is 0 Å². The summed E-state index contributed by atoms with van der Waals surface area (Å²) < 4.78 is 13.8. The summed E-state index contributed by atoms with van der Waals surface area (Å²) in [5, 5.41) is 3.22. The molecular weight excluding hydrogens is 319 g/mol. The van der Waals surface area contributed by atoms with E-state index in [0.29, 0.717) is 10.6 Å². The standard InChI is InChI=1S/C17H14ClFN2O2/c1-17(12-6-8-13(18)9-7-12)15(22)21(16(23)20-17)10-11-4-2-3-5-14(11)19/h2-9H,10H2,1H3,(H,20,23)/t17-/m1/s1. The highest BCUT2D eigenvalue weighted by atomic mass is 35.5. The van der Waals surface area contributed by atoms with E-state index >= 15 is 0 Å². The fourth-order valence-corrected chi connectivity index (χ4v) is 2.74. The van der Waals surface area contributed by atoms with Gasteiger partial charge in [0.15, 0.2) is 0 Å². The molecule has 6 heteroatoms. The topological polar surface area (TPSA) is 49.4 Å². The van der Waals surface area contributed by atoms with Gasteiger partial charge in [0.1, 0.15) is 11.4 Å². The minimum Gasteiger partial charge on any atom is -0.319 e. The number of carbonyl (C=O) groups is 2. The van der Waals surface area contributed by atoms with Gasteiger partial charge in [-0.3, -0.25) is 9.69 Å². The summed E-state index contributed by atoms with van der Waals surface area (Å²) >= 11 is 5.86. The third kappa shape index (κ3) is 2.68. The zero-order valence-corrected chi connectivity index (χ0v) is 13.1. The Kier molecular flexibility index (Phi) is 3.82. The van der Waals surface area contributed by atoms with E-state index in [2.05, 4.69) is 5.32 Å². The van der Waals surface area contributed by atoms with Crippen molar-refractivity contribution in [2.24, 2.45) is 0 Å². The number of halogens is 2. The van der Waals surface area contributed by atoms with Gasteiger partial charge in [0, 0.05) is 10.6 Å². The Hall–Kier alpha value is -2.40. The molecule has 1 N–H and O–H groups in total. The summed E-state index contributed by atoms with van der Waals surface area (Å²) in [6.45, 7) is 1.51. The van der Waals surface area contributed by atoms with Gasteiger partial charge in [-0.25, -0.2) is 9.18 Å². The molecule has 1 atom stereocenters. The molecule has 118 valence electrons. The van der Waals surface area contributed by atoms with Crippen molar-refractivity contribution >= 4 is 23.5 Å². The molecule has 3 amide bonds. The van der Waals surface area contributed by atoms with Gasteiger partial charge in [0.25, 0.3) is 5.91 Å². The van der Waals surface area contributed by atoms with Gasteiger partial charge in [-0.1, -0.05) is 41.9 Å². The van der Waals surface area contributed by atoms with Crippen molar-refractivity contribution in [2.75, 3.05) is 0 Å². The first kappa shape index (κ1) is 15.5. The highest BCUT2D eigenvalue weighted by Crippen LogP contribution is 2.30. The Bertz CT molecular complexity index is 778. The van der Waals surface area contributed by atoms with Crippen LogP contribution in [0.1, 0.15) is 18.1 Å². The molecule has 0 unspecified atom stereocenters. The third-order valence-electron chi connectivity index (χ3n) is 3.98. The summed E-state index contributed by atoms with van der Waals surface area (Å²) in [6, 6.07) is 12.2. The number of rotatable bonds is 3. The zero-order chi connectivity index (χ0) is 16.6. The van der Waals surface area contributed by atoms with E-state index in [1.54, 1.807) is 49.4 Å². The minimum atomic E-state index is -1.19. The van der Waals surface area contributed by atoms with Crippen LogP contribution in [0.15, 0.2) is 48.5 Å². The predicted octanol–water partition coefficient (Wildman–Crippen LogP) is 3.45. The predicted molar refractivity (Wildman–Crippen MR) is 84.3 cm³/mol. The average molecular weight is 333 g/mol. The summed E-state index contributed by atoms with van der Waals surface area (Å²) in [5.74, 6) is -0.874. The lowest BCUT2D eigenvalue weighted by Crippen LogP contribution is -2.40. The van der Waals surface area contributed by atoms with Crippen molar-refractivity contribution in [3.8, 4) is 0 Å². The summed E-state index contributed by atoms with van der Waals surface area (Å²) in [4.78, 5) is 25.9. The van der Waals surface area contributed by atoms with Crippen molar-refractivity contribution in [3.63, 3.8) is 0 Å². The molecule has 23 heavy (non-hydrogen) atoms. The second-order valence-electron chi connectivity index (χ2n) is 5.54. The van der Waals surface area contributed by atoms with Crippen LogP contribution in [0, 0.1) is 5.82 Å². The molecule has 0 bridgehead atoms. The minimum absolute atomic E-state index is 0.111. The number of benzene rings is 2. The quantitative estimate of drug-likeness (QED) is 0.875. The first-order valence-corrected chi connectivity index (χ1v) is 7.43. The molecule has 4 nitrogen and oxygen atoms in total. The van der Waals surface area contributed by atoms with Gasteiger partial charge in [-0.15, -0.1) is 0 Å². The first-order chi connectivity index (χ1) is 10.9. The molecule has 1 aliphatic rings. The maximum absolute atomic E-state index is 13.8. The third-order valence-corrected chi connectivity index (χ3v) is 4.23. The van der Waals surface area contributed by atoms with Crippen molar-refractivity contribution in [1.82, 2.24) is 10.2 Å². The molecule has 0 saturated carbocycles. The molecule has 3 rings (SSSR count). The Morgan fingerprint density at radius 3 is 2.43 bits per heavy atom. The van der Waals surface area contributed by atoms with Gasteiger partial charge in [-0.05, 0) is 30.7 Å². The van der Waals surface area contributed by atoms with Crippen LogP contribution < -0.4 is 5.32 Å². The molecule has 0 aliphatic carbocycles. The monoisotopic (exact) mass is 332 g/mol. The van der Waals surface area contributed by atoms with E-state index in [0.717, 1.165) is 4.90 Å². The Labute approximate surface area is 137 Å². The molecule has 2 aromatic rings. The molecule has 0 radical (unpaired) electrons. The second-order valence-corrected chi connectivity index (χ2v) is 5.98. The van der Waals surface area contributed by atoms with Crippen LogP contribution in [0.4, 0.5) is 9.18 Å². The summed E-state index contributed by atoms with van der Waals surface area (Å²) in [7, 11) is 0. The molecule has 0 spiro atoms. The molecule has 0 aromatic heterocycles. The zero-order valence-electron chi connectivity index (χ0n) is 12.3. The Morgan fingerprint density at radius 2 is 1.78 bits per heavy atom. The Morgan fingerprint density at radius 1 is 1.13 bits per heavy atom. The largest absolute Gasteiger partial charge is 0.325 e. The fourth-order valence-electron chi connectivity index (χ4n) is 2.62. The van der Waals surface area contributed by atoms with E-state index in [1.165, 1.54) is 6.07 Å². The van der Waals surface area contributed by atoms with Crippen LogP contribution in [0.3, 0.4) is 0 Å².